The number of hydrogen-bond donors (Lipinski definition) is 0. The molecule has 106 valence electrons. The number of rotatable bonds is 3. The molecule has 0 aromatic carbocycles. The molecule has 1 aliphatic carbocycles. The van der Waals surface area contributed by atoms with Gasteiger partial charge in [-0.15, -0.1) is 0 Å². The lowest BCUT2D eigenvalue weighted by molar-refractivity contribution is 0.112. The van der Waals surface area contributed by atoms with Gasteiger partial charge in [-0.3, -0.25) is 14.2 Å². The van der Waals surface area contributed by atoms with Gasteiger partial charge in [-0.2, -0.15) is 10.2 Å². The topological polar surface area (TPSA) is 52.7 Å². The van der Waals surface area contributed by atoms with Crippen molar-refractivity contribution in [2.75, 3.05) is 0 Å². The molecule has 0 atom stereocenters. The molecule has 2 aromatic heterocycles. The van der Waals surface area contributed by atoms with Gasteiger partial charge in [-0.1, -0.05) is 12.8 Å². The molecular weight excluding hydrogens is 252 g/mol. The fourth-order valence-corrected chi connectivity index (χ4v) is 3.16. The van der Waals surface area contributed by atoms with Crippen LogP contribution in [-0.4, -0.2) is 25.8 Å². The second-order valence-corrected chi connectivity index (χ2v) is 5.64. The maximum atomic E-state index is 11.4. The Balaban J connectivity index is 2.10. The Morgan fingerprint density at radius 1 is 1.25 bits per heavy atom. The van der Waals surface area contributed by atoms with Crippen molar-refractivity contribution in [2.45, 2.75) is 45.6 Å². The summed E-state index contributed by atoms with van der Waals surface area (Å²) in [7, 11) is 1.92. The molecular formula is C15H20N4O. The van der Waals surface area contributed by atoms with Crippen molar-refractivity contribution in [3.8, 4) is 11.3 Å². The van der Waals surface area contributed by atoms with Crippen molar-refractivity contribution in [3.05, 3.63) is 23.1 Å². The van der Waals surface area contributed by atoms with Crippen molar-refractivity contribution < 1.29 is 4.79 Å². The van der Waals surface area contributed by atoms with Crippen LogP contribution in [0.3, 0.4) is 0 Å². The monoisotopic (exact) mass is 272 g/mol. The minimum atomic E-state index is 0.444. The average molecular weight is 272 g/mol. The van der Waals surface area contributed by atoms with Gasteiger partial charge in [-0.05, 0) is 26.7 Å². The van der Waals surface area contributed by atoms with Gasteiger partial charge in [0.15, 0.2) is 6.29 Å². The summed E-state index contributed by atoms with van der Waals surface area (Å²) in [4.78, 5) is 11.4. The molecule has 1 aliphatic rings. The first-order valence-electron chi connectivity index (χ1n) is 7.16. The molecule has 5 heteroatoms. The smallest absolute Gasteiger partial charge is 0.153 e. The zero-order valence-electron chi connectivity index (χ0n) is 12.3. The van der Waals surface area contributed by atoms with Gasteiger partial charge in [0.25, 0.3) is 0 Å². The first kappa shape index (κ1) is 13.1. The van der Waals surface area contributed by atoms with E-state index < -0.39 is 0 Å². The number of aryl methyl sites for hydroxylation is 2. The van der Waals surface area contributed by atoms with E-state index in [1.165, 1.54) is 12.8 Å². The van der Waals surface area contributed by atoms with Crippen LogP contribution in [0.1, 0.15) is 53.5 Å². The Bertz CT molecular complexity index is 647. The third kappa shape index (κ3) is 1.97. The molecule has 0 aliphatic heterocycles. The number of aromatic nitrogens is 4. The predicted octanol–water partition coefficient (Wildman–Crippen LogP) is 2.83. The first-order chi connectivity index (χ1) is 9.61. The average Bonchev–Trinajstić information content (AvgIpc) is 3.10. The molecule has 0 amide bonds. The number of carbonyl (C=O) groups excluding carboxylic acids is 1. The van der Waals surface area contributed by atoms with Crippen LogP contribution < -0.4 is 0 Å². The van der Waals surface area contributed by atoms with Gasteiger partial charge in [0.2, 0.25) is 0 Å². The number of carbonyl (C=O) groups is 1. The highest BCUT2D eigenvalue weighted by atomic mass is 16.1. The maximum Gasteiger partial charge on any atom is 0.153 e. The zero-order valence-corrected chi connectivity index (χ0v) is 12.3. The number of nitrogens with zero attached hydrogens (tertiary/aromatic N) is 4. The van der Waals surface area contributed by atoms with E-state index in [2.05, 4.69) is 5.10 Å². The van der Waals surface area contributed by atoms with Crippen LogP contribution in [-0.2, 0) is 7.05 Å². The molecule has 0 spiro atoms. The molecule has 0 unspecified atom stereocenters. The van der Waals surface area contributed by atoms with Crippen molar-refractivity contribution >= 4 is 6.29 Å². The minimum absolute atomic E-state index is 0.444. The number of aldehydes is 1. The van der Waals surface area contributed by atoms with Crippen LogP contribution in [0.25, 0.3) is 11.3 Å². The Kier molecular flexibility index (Phi) is 3.20. The summed E-state index contributed by atoms with van der Waals surface area (Å²) in [5.74, 6) is 0. The van der Waals surface area contributed by atoms with E-state index in [0.29, 0.717) is 11.6 Å². The highest BCUT2D eigenvalue weighted by Crippen LogP contribution is 2.33. The minimum Gasteiger partial charge on any atom is -0.298 e. The quantitative estimate of drug-likeness (QED) is 0.807. The molecule has 0 radical (unpaired) electrons. The normalized spacial score (nSPS) is 15.9. The molecule has 0 N–H and O–H groups in total. The molecule has 1 saturated carbocycles. The van der Waals surface area contributed by atoms with E-state index in [1.54, 1.807) is 0 Å². The van der Waals surface area contributed by atoms with Gasteiger partial charge in [0.05, 0.1) is 17.3 Å². The molecule has 0 bridgehead atoms. The molecule has 0 saturated heterocycles. The van der Waals surface area contributed by atoms with Crippen LogP contribution >= 0.6 is 0 Å². The SMILES string of the molecule is Cc1nn(C)c(C)c1-c1nn(C2CCCC2)cc1C=O. The second kappa shape index (κ2) is 4.89. The Morgan fingerprint density at radius 3 is 2.50 bits per heavy atom. The summed E-state index contributed by atoms with van der Waals surface area (Å²) in [6.45, 7) is 3.98. The highest BCUT2D eigenvalue weighted by Gasteiger charge is 2.23. The summed E-state index contributed by atoms with van der Waals surface area (Å²) >= 11 is 0. The lowest BCUT2D eigenvalue weighted by Crippen LogP contribution is -2.05. The summed E-state index contributed by atoms with van der Waals surface area (Å²) in [5.41, 5.74) is 4.39. The molecule has 2 aromatic rings. The fourth-order valence-electron chi connectivity index (χ4n) is 3.16. The zero-order chi connectivity index (χ0) is 14.3. The van der Waals surface area contributed by atoms with Gasteiger partial charge in [0.1, 0.15) is 5.69 Å². The van der Waals surface area contributed by atoms with E-state index in [4.69, 9.17) is 5.10 Å². The molecule has 5 nitrogen and oxygen atoms in total. The van der Waals surface area contributed by atoms with Gasteiger partial charge < -0.3 is 0 Å². The van der Waals surface area contributed by atoms with E-state index in [1.807, 2.05) is 36.5 Å². The summed E-state index contributed by atoms with van der Waals surface area (Å²) in [6.07, 6.45) is 7.61. The van der Waals surface area contributed by atoms with Crippen LogP contribution in [0, 0.1) is 13.8 Å². The number of hydrogen-bond acceptors (Lipinski definition) is 3. The fraction of sp³-hybridized carbons (Fsp3) is 0.533. The van der Waals surface area contributed by atoms with E-state index in [-0.39, 0.29) is 0 Å². The maximum absolute atomic E-state index is 11.4. The van der Waals surface area contributed by atoms with Crippen molar-refractivity contribution in [2.24, 2.45) is 7.05 Å². The summed E-state index contributed by atoms with van der Waals surface area (Å²) in [6, 6.07) is 0.444. The largest absolute Gasteiger partial charge is 0.298 e. The summed E-state index contributed by atoms with van der Waals surface area (Å²) < 4.78 is 3.83. The molecule has 20 heavy (non-hydrogen) atoms. The van der Waals surface area contributed by atoms with E-state index >= 15 is 0 Å². The van der Waals surface area contributed by atoms with Crippen molar-refractivity contribution in [1.82, 2.24) is 19.6 Å². The third-order valence-electron chi connectivity index (χ3n) is 4.33. The highest BCUT2D eigenvalue weighted by molar-refractivity contribution is 5.86. The lowest BCUT2D eigenvalue weighted by atomic mass is 10.1. The predicted molar refractivity (Wildman–Crippen MR) is 76.8 cm³/mol. The Labute approximate surface area is 118 Å². The second-order valence-electron chi connectivity index (χ2n) is 5.64. The van der Waals surface area contributed by atoms with E-state index in [9.17, 15) is 4.79 Å². The third-order valence-corrected chi connectivity index (χ3v) is 4.33. The van der Waals surface area contributed by atoms with Crippen LogP contribution in [0.4, 0.5) is 0 Å². The Morgan fingerprint density at radius 2 is 1.95 bits per heavy atom. The molecule has 3 rings (SSSR count). The van der Waals surface area contributed by atoms with Gasteiger partial charge in [0, 0.05) is 24.5 Å². The first-order valence-corrected chi connectivity index (χ1v) is 7.16. The summed E-state index contributed by atoms with van der Waals surface area (Å²) in [5, 5.41) is 9.12. The van der Waals surface area contributed by atoms with Gasteiger partial charge >= 0.3 is 0 Å². The van der Waals surface area contributed by atoms with Crippen molar-refractivity contribution in [1.29, 1.82) is 0 Å². The molecule has 1 fully saturated rings. The lowest BCUT2D eigenvalue weighted by Gasteiger charge is -2.08. The van der Waals surface area contributed by atoms with Gasteiger partial charge in [-0.25, -0.2) is 0 Å². The van der Waals surface area contributed by atoms with Crippen LogP contribution in [0.15, 0.2) is 6.20 Å². The molecule has 2 heterocycles. The van der Waals surface area contributed by atoms with E-state index in [0.717, 1.165) is 41.8 Å². The van der Waals surface area contributed by atoms with Crippen LogP contribution in [0.5, 0.6) is 0 Å². The Hall–Kier alpha value is -1.91. The standard InChI is InChI=1S/C15H20N4O/c1-10-14(11(2)18(3)16-10)15-12(9-20)8-19(17-15)13-6-4-5-7-13/h8-9,13H,4-7H2,1-3H3. The van der Waals surface area contributed by atoms with Crippen molar-refractivity contribution in [3.63, 3.8) is 0 Å². The van der Waals surface area contributed by atoms with Crippen LogP contribution in [0.2, 0.25) is 0 Å².